The number of halogens is 2. The van der Waals surface area contributed by atoms with Gasteiger partial charge in [-0.25, -0.2) is 0 Å². The van der Waals surface area contributed by atoms with Crippen molar-refractivity contribution in [3.8, 4) is 0 Å². The van der Waals surface area contributed by atoms with Crippen molar-refractivity contribution in [1.82, 2.24) is 0 Å². The van der Waals surface area contributed by atoms with Crippen LogP contribution in [-0.2, 0) is 11.2 Å². The van der Waals surface area contributed by atoms with Crippen molar-refractivity contribution < 1.29 is 4.79 Å². The fraction of sp³-hybridized carbons (Fsp3) is 0.562. The van der Waals surface area contributed by atoms with Gasteiger partial charge >= 0.3 is 0 Å². The minimum absolute atomic E-state index is 0.119. The van der Waals surface area contributed by atoms with Crippen LogP contribution in [-0.4, -0.2) is 5.78 Å². The third kappa shape index (κ3) is 3.52. The molecular weight excluding hydrogens is 279 g/mol. The summed E-state index contributed by atoms with van der Waals surface area (Å²) in [6, 6.07) is 5.36. The van der Waals surface area contributed by atoms with Crippen LogP contribution in [0.5, 0.6) is 0 Å². The quantitative estimate of drug-likeness (QED) is 0.738. The highest BCUT2D eigenvalue weighted by Crippen LogP contribution is 2.41. The summed E-state index contributed by atoms with van der Waals surface area (Å²) >= 11 is 12.0. The molecule has 0 spiro atoms. The van der Waals surface area contributed by atoms with E-state index in [0.717, 1.165) is 24.8 Å². The van der Waals surface area contributed by atoms with Crippen molar-refractivity contribution >= 4 is 29.0 Å². The molecule has 0 bridgehead atoms. The van der Waals surface area contributed by atoms with Crippen molar-refractivity contribution in [3.63, 3.8) is 0 Å². The number of carbonyl (C=O) groups excluding carboxylic acids is 1. The lowest BCUT2D eigenvalue weighted by Gasteiger charge is -2.37. The molecule has 1 fully saturated rings. The average molecular weight is 299 g/mol. The minimum Gasteiger partial charge on any atom is -0.299 e. The van der Waals surface area contributed by atoms with E-state index in [1.165, 1.54) is 6.42 Å². The molecule has 2 rings (SSSR count). The molecular formula is C16H20Cl2O. The van der Waals surface area contributed by atoms with Gasteiger partial charge in [0, 0.05) is 22.4 Å². The number of rotatable bonds is 3. The van der Waals surface area contributed by atoms with E-state index >= 15 is 0 Å². The number of hydrogen-bond acceptors (Lipinski definition) is 1. The van der Waals surface area contributed by atoms with Crippen LogP contribution in [0.3, 0.4) is 0 Å². The first kappa shape index (κ1) is 14.9. The molecule has 1 nitrogen and oxygen atoms in total. The van der Waals surface area contributed by atoms with Crippen LogP contribution < -0.4 is 0 Å². The zero-order valence-electron chi connectivity index (χ0n) is 11.5. The van der Waals surface area contributed by atoms with Crippen LogP contribution >= 0.6 is 23.2 Å². The average Bonchev–Trinajstić information content (AvgIpc) is 2.32. The molecule has 1 aromatic rings. The van der Waals surface area contributed by atoms with Gasteiger partial charge in [0.05, 0.1) is 0 Å². The molecule has 0 aliphatic heterocycles. The van der Waals surface area contributed by atoms with E-state index in [9.17, 15) is 4.79 Å². The number of carbonyl (C=O) groups is 1. The van der Waals surface area contributed by atoms with Crippen LogP contribution in [0.25, 0.3) is 0 Å². The predicted molar refractivity (Wildman–Crippen MR) is 80.9 cm³/mol. The Hall–Kier alpha value is -0.530. The van der Waals surface area contributed by atoms with Crippen molar-refractivity contribution in [2.24, 2.45) is 11.3 Å². The van der Waals surface area contributed by atoms with E-state index < -0.39 is 0 Å². The summed E-state index contributed by atoms with van der Waals surface area (Å²) in [7, 11) is 0. The maximum Gasteiger partial charge on any atom is 0.140 e. The van der Waals surface area contributed by atoms with Gasteiger partial charge in [0.15, 0.2) is 0 Å². The van der Waals surface area contributed by atoms with Gasteiger partial charge in [-0.1, -0.05) is 56.0 Å². The van der Waals surface area contributed by atoms with Crippen LogP contribution in [0.4, 0.5) is 0 Å². The zero-order valence-corrected chi connectivity index (χ0v) is 13.0. The SMILES string of the molecule is CC1(C)CCCCC1C(=O)Cc1ccc(Cl)cc1Cl. The van der Waals surface area contributed by atoms with Crippen LogP contribution in [0.15, 0.2) is 18.2 Å². The second-order valence-corrected chi connectivity index (χ2v) is 7.01. The van der Waals surface area contributed by atoms with Gasteiger partial charge in [0.25, 0.3) is 0 Å². The summed E-state index contributed by atoms with van der Waals surface area (Å²) in [6.07, 6.45) is 4.96. The molecule has 0 saturated heterocycles. The summed E-state index contributed by atoms with van der Waals surface area (Å²) in [5.41, 5.74) is 1.01. The van der Waals surface area contributed by atoms with E-state index in [-0.39, 0.29) is 11.3 Å². The van der Waals surface area contributed by atoms with Gasteiger partial charge in [-0.05, 0) is 36.0 Å². The van der Waals surface area contributed by atoms with Gasteiger partial charge < -0.3 is 0 Å². The zero-order chi connectivity index (χ0) is 14.0. The lowest BCUT2D eigenvalue weighted by atomic mass is 9.66. The highest BCUT2D eigenvalue weighted by atomic mass is 35.5. The molecule has 0 N–H and O–H groups in total. The van der Waals surface area contributed by atoms with E-state index in [4.69, 9.17) is 23.2 Å². The number of hydrogen-bond donors (Lipinski definition) is 0. The fourth-order valence-electron chi connectivity index (χ4n) is 3.07. The Morgan fingerprint density at radius 2 is 2.05 bits per heavy atom. The summed E-state index contributed by atoms with van der Waals surface area (Å²) < 4.78 is 0. The molecule has 0 radical (unpaired) electrons. The van der Waals surface area contributed by atoms with E-state index in [0.29, 0.717) is 22.2 Å². The van der Waals surface area contributed by atoms with E-state index in [2.05, 4.69) is 13.8 Å². The van der Waals surface area contributed by atoms with E-state index in [1.807, 2.05) is 6.07 Å². The van der Waals surface area contributed by atoms with Crippen molar-refractivity contribution in [2.45, 2.75) is 46.0 Å². The van der Waals surface area contributed by atoms with Gasteiger partial charge in [0.1, 0.15) is 5.78 Å². The molecule has 1 unspecified atom stereocenters. The highest BCUT2D eigenvalue weighted by molar-refractivity contribution is 6.35. The molecule has 0 aromatic heterocycles. The van der Waals surface area contributed by atoms with Crippen LogP contribution in [0.1, 0.15) is 45.1 Å². The summed E-state index contributed by atoms with van der Waals surface area (Å²) in [5, 5.41) is 1.20. The molecule has 0 heterocycles. The summed E-state index contributed by atoms with van der Waals surface area (Å²) in [6.45, 7) is 4.41. The topological polar surface area (TPSA) is 17.1 Å². The maximum atomic E-state index is 12.5. The van der Waals surface area contributed by atoms with Gasteiger partial charge in [0.2, 0.25) is 0 Å². The first-order valence-electron chi connectivity index (χ1n) is 6.87. The second-order valence-electron chi connectivity index (χ2n) is 6.17. The van der Waals surface area contributed by atoms with Gasteiger partial charge in [-0.15, -0.1) is 0 Å². The first-order valence-corrected chi connectivity index (χ1v) is 7.62. The molecule has 1 aromatic carbocycles. The number of ketones is 1. The van der Waals surface area contributed by atoms with Gasteiger partial charge in [-0.2, -0.15) is 0 Å². The lowest BCUT2D eigenvalue weighted by Crippen LogP contribution is -2.34. The number of benzene rings is 1. The number of Topliss-reactive ketones (excluding diaryl/α,β-unsaturated/α-hetero) is 1. The molecule has 19 heavy (non-hydrogen) atoms. The van der Waals surface area contributed by atoms with Crippen LogP contribution in [0.2, 0.25) is 10.0 Å². The maximum absolute atomic E-state index is 12.5. The molecule has 1 aliphatic carbocycles. The van der Waals surface area contributed by atoms with E-state index in [1.54, 1.807) is 12.1 Å². The highest BCUT2D eigenvalue weighted by Gasteiger charge is 2.36. The lowest BCUT2D eigenvalue weighted by molar-refractivity contribution is -0.127. The second kappa shape index (κ2) is 5.85. The smallest absolute Gasteiger partial charge is 0.140 e. The Labute approximate surface area is 125 Å². The normalized spacial score (nSPS) is 22.2. The molecule has 1 atom stereocenters. The summed E-state index contributed by atoms with van der Waals surface area (Å²) in [4.78, 5) is 12.5. The van der Waals surface area contributed by atoms with Crippen molar-refractivity contribution in [1.29, 1.82) is 0 Å². The molecule has 104 valence electrons. The largest absolute Gasteiger partial charge is 0.299 e. The Morgan fingerprint density at radius 1 is 1.32 bits per heavy atom. The standard InChI is InChI=1S/C16H20Cl2O/c1-16(2)8-4-3-5-13(16)15(19)9-11-6-7-12(17)10-14(11)18/h6-7,10,13H,3-5,8-9H2,1-2H3. The first-order chi connectivity index (χ1) is 8.90. The Kier molecular flexibility index (Phi) is 4.58. The fourth-order valence-corrected chi connectivity index (χ4v) is 3.54. The minimum atomic E-state index is 0.119. The Balaban J connectivity index is 2.12. The predicted octanol–water partition coefficient (Wildman–Crippen LogP) is 5.32. The molecule has 3 heteroatoms. The van der Waals surface area contributed by atoms with Crippen LogP contribution in [0, 0.1) is 11.3 Å². The molecule has 1 aliphatic rings. The molecule has 1 saturated carbocycles. The van der Waals surface area contributed by atoms with Crippen molar-refractivity contribution in [2.75, 3.05) is 0 Å². The van der Waals surface area contributed by atoms with Gasteiger partial charge in [-0.3, -0.25) is 4.79 Å². The third-order valence-corrected chi connectivity index (χ3v) is 4.86. The van der Waals surface area contributed by atoms with Crippen molar-refractivity contribution in [3.05, 3.63) is 33.8 Å². The third-order valence-electron chi connectivity index (χ3n) is 4.28. The molecule has 0 amide bonds. The summed E-state index contributed by atoms with van der Waals surface area (Å²) in [5.74, 6) is 0.474. The Bertz CT molecular complexity index is 480. The Morgan fingerprint density at radius 3 is 2.68 bits per heavy atom. The monoisotopic (exact) mass is 298 g/mol.